The summed E-state index contributed by atoms with van der Waals surface area (Å²) < 4.78 is 16.5. The number of carbonyl (C=O) groups is 2. The second kappa shape index (κ2) is 12.9. The van der Waals surface area contributed by atoms with Crippen LogP contribution in [0.15, 0.2) is 71.8 Å². The third-order valence-corrected chi connectivity index (χ3v) is 5.20. The Morgan fingerprint density at radius 3 is 2.23 bits per heavy atom. The number of esters is 1. The molecule has 0 saturated heterocycles. The fraction of sp³-hybridized carbons (Fsp3) is 0.250. The van der Waals surface area contributed by atoms with Crippen LogP contribution >= 0.6 is 0 Å². The van der Waals surface area contributed by atoms with Crippen molar-refractivity contribution >= 4 is 18.1 Å². The van der Waals surface area contributed by atoms with Crippen molar-refractivity contribution in [2.24, 2.45) is 5.10 Å². The van der Waals surface area contributed by atoms with Gasteiger partial charge >= 0.3 is 5.97 Å². The number of hydrazone groups is 1. The topological polar surface area (TPSA) is 86.2 Å². The number of hydrogen-bond acceptors (Lipinski definition) is 6. The van der Waals surface area contributed by atoms with Gasteiger partial charge in [0.2, 0.25) is 0 Å². The van der Waals surface area contributed by atoms with Gasteiger partial charge in [0, 0.05) is 0 Å². The van der Waals surface area contributed by atoms with Gasteiger partial charge in [0.1, 0.15) is 17.2 Å². The fourth-order valence-corrected chi connectivity index (χ4v) is 2.97. The summed E-state index contributed by atoms with van der Waals surface area (Å²) in [4.78, 5) is 24.3. The van der Waals surface area contributed by atoms with E-state index in [1.54, 1.807) is 48.5 Å². The Kier molecular flexibility index (Phi) is 9.42. The molecule has 0 bridgehead atoms. The van der Waals surface area contributed by atoms with Crippen LogP contribution in [0.3, 0.4) is 0 Å². The normalized spacial score (nSPS) is 10.7. The number of nitrogens with one attached hydrogen (secondary N) is 1. The maximum atomic E-state index is 12.4. The summed E-state index contributed by atoms with van der Waals surface area (Å²) in [6, 6.07) is 19.3. The van der Waals surface area contributed by atoms with Crippen LogP contribution in [0.4, 0.5) is 0 Å². The second-order valence-electron chi connectivity index (χ2n) is 8.01. The minimum absolute atomic E-state index is 0.138. The molecule has 7 heteroatoms. The maximum absolute atomic E-state index is 12.4. The lowest BCUT2D eigenvalue weighted by Crippen LogP contribution is -2.24. The molecule has 0 aliphatic rings. The number of nitrogens with zero attached hydrogens (tertiary/aromatic N) is 1. The Labute approximate surface area is 205 Å². The SMILES string of the molecule is CCCCOc1ccc(C(=O)Oc2ccc(/C=N\NC(=O)COc3ccc(C)c(C)c3)cc2)cc1. The van der Waals surface area contributed by atoms with Gasteiger partial charge in [0.25, 0.3) is 5.91 Å². The fourth-order valence-electron chi connectivity index (χ4n) is 2.97. The van der Waals surface area contributed by atoms with E-state index in [4.69, 9.17) is 14.2 Å². The highest BCUT2D eigenvalue weighted by molar-refractivity contribution is 5.91. The van der Waals surface area contributed by atoms with Gasteiger partial charge in [-0.05, 0) is 97.6 Å². The largest absolute Gasteiger partial charge is 0.494 e. The lowest BCUT2D eigenvalue weighted by Gasteiger charge is -2.07. The number of ether oxygens (including phenoxy) is 3. The third-order valence-electron chi connectivity index (χ3n) is 5.20. The van der Waals surface area contributed by atoms with E-state index >= 15 is 0 Å². The minimum Gasteiger partial charge on any atom is -0.494 e. The van der Waals surface area contributed by atoms with Gasteiger partial charge in [-0.15, -0.1) is 0 Å². The van der Waals surface area contributed by atoms with Gasteiger partial charge in [-0.2, -0.15) is 5.10 Å². The van der Waals surface area contributed by atoms with E-state index in [1.807, 2.05) is 32.0 Å². The molecule has 0 aliphatic heterocycles. The molecular weight excluding hydrogens is 444 g/mol. The first-order chi connectivity index (χ1) is 16.9. The Bertz CT molecular complexity index is 1150. The highest BCUT2D eigenvalue weighted by Crippen LogP contribution is 2.17. The van der Waals surface area contributed by atoms with Crippen LogP contribution in [0.1, 0.15) is 46.8 Å². The molecule has 0 spiro atoms. The Morgan fingerprint density at radius 2 is 1.54 bits per heavy atom. The molecule has 0 aliphatic carbocycles. The highest BCUT2D eigenvalue weighted by atomic mass is 16.5. The van der Waals surface area contributed by atoms with Gasteiger partial charge in [0.05, 0.1) is 18.4 Å². The molecule has 1 N–H and O–H groups in total. The summed E-state index contributed by atoms with van der Waals surface area (Å²) in [5.41, 5.74) is 5.85. The van der Waals surface area contributed by atoms with Crippen molar-refractivity contribution in [3.05, 3.63) is 89.0 Å². The van der Waals surface area contributed by atoms with Gasteiger partial charge in [-0.25, -0.2) is 10.2 Å². The number of aryl methyl sites for hydroxylation is 2. The molecule has 182 valence electrons. The summed E-state index contributed by atoms with van der Waals surface area (Å²) in [6.07, 6.45) is 3.54. The molecule has 3 aromatic rings. The van der Waals surface area contributed by atoms with E-state index < -0.39 is 5.97 Å². The zero-order chi connectivity index (χ0) is 25.0. The number of amides is 1. The van der Waals surface area contributed by atoms with Crippen LogP contribution in [0, 0.1) is 13.8 Å². The van der Waals surface area contributed by atoms with Gasteiger partial charge < -0.3 is 14.2 Å². The first-order valence-corrected chi connectivity index (χ1v) is 11.5. The highest BCUT2D eigenvalue weighted by Gasteiger charge is 2.09. The average molecular weight is 475 g/mol. The van der Waals surface area contributed by atoms with Crippen molar-refractivity contribution in [2.75, 3.05) is 13.2 Å². The van der Waals surface area contributed by atoms with Crippen molar-refractivity contribution in [3.8, 4) is 17.2 Å². The zero-order valence-electron chi connectivity index (χ0n) is 20.2. The van der Waals surface area contributed by atoms with Crippen LogP contribution in [-0.2, 0) is 4.79 Å². The number of carbonyl (C=O) groups excluding carboxylic acids is 2. The zero-order valence-corrected chi connectivity index (χ0v) is 20.2. The monoisotopic (exact) mass is 474 g/mol. The molecule has 35 heavy (non-hydrogen) atoms. The van der Waals surface area contributed by atoms with Crippen molar-refractivity contribution in [1.29, 1.82) is 0 Å². The molecule has 3 rings (SSSR count). The van der Waals surface area contributed by atoms with Crippen LogP contribution in [0.25, 0.3) is 0 Å². The Balaban J connectivity index is 1.43. The number of unbranched alkanes of at least 4 members (excludes halogenated alkanes) is 1. The first kappa shape index (κ1) is 25.5. The smallest absolute Gasteiger partial charge is 0.343 e. The maximum Gasteiger partial charge on any atom is 0.343 e. The minimum atomic E-state index is -0.456. The quantitative estimate of drug-likeness (QED) is 0.135. The van der Waals surface area contributed by atoms with Crippen LogP contribution in [0.5, 0.6) is 17.2 Å². The summed E-state index contributed by atoms with van der Waals surface area (Å²) in [6.45, 7) is 6.62. The Morgan fingerprint density at radius 1 is 0.857 bits per heavy atom. The van der Waals surface area contributed by atoms with Crippen LogP contribution in [-0.4, -0.2) is 31.3 Å². The second-order valence-corrected chi connectivity index (χ2v) is 8.01. The number of rotatable bonds is 11. The molecule has 0 atom stereocenters. The summed E-state index contributed by atoms with van der Waals surface area (Å²) in [5, 5.41) is 3.93. The molecule has 0 saturated carbocycles. The van der Waals surface area contributed by atoms with Crippen molar-refractivity contribution in [1.82, 2.24) is 5.43 Å². The van der Waals surface area contributed by atoms with Crippen molar-refractivity contribution in [2.45, 2.75) is 33.6 Å². The first-order valence-electron chi connectivity index (χ1n) is 11.5. The molecule has 3 aromatic carbocycles. The van der Waals surface area contributed by atoms with Gasteiger partial charge in [-0.1, -0.05) is 19.4 Å². The molecule has 0 aromatic heterocycles. The van der Waals surface area contributed by atoms with Crippen LogP contribution < -0.4 is 19.6 Å². The van der Waals surface area contributed by atoms with Crippen molar-refractivity contribution in [3.63, 3.8) is 0 Å². The third kappa shape index (κ3) is 8.30. The molecule has 7 nitrogen and oxygen atoms in total. The van der Waals surface area contributed by atoms with Crippen LogP contribution in [0.2, 0.25) is 0 Å². The van der Waals surface area contributed by atoms with Gasteiger partial charge in [-0.3, -0.25) is 4.79 Å². The molecular formula is C28H30N2O5. The molecule has 1 amide bonds. The summed E-state index contributed by atoms with van der Waals surface area (Å²) in [7, 11) is 0. The predicted octanol–water partition coefficient (Wildman–Crippen LogP) is 5.23. The lowest BCUT2D eigenvalue weighted by molar-refractivity contribution is -0.123. The predicted molar refractivity (Wildman–Crippen MR) is 135 cm³/mol. The van der Waals surface area contributed by atoms with Gasteiger partial charge in [0.15, 0.2) is 6.61 Å². The molecule has 0 fully saturated rings. The average Bonchev–Trinajstić information content (AvgIpc) is 2.86. The Hall–Kier alpha value is -4.13. The van der Waals surface area contributed by atoms with E-state index in [9.17, 15) is 9.59 Å². The molecule has 0 unspecified atom stereocenters. The van der Waals surface area contributed by atoms with E-state index in [0.29, 0.717) is 23.7 Å². The summed E-state index contributed by atoms with van der Waals surface area (Å²) >= 11 is 0. The van der Waals surface area contributed by atoms with E-state index in [1.165, 1.54) is 6.21 Å². The van der Waals surface area contributed by atoms with E-state index in [0.717, 1.165) is 35.3 Å². The van der Waals surface area contributed by atoms with E-state index in [2.05, 4.69) is 17.5 Å². The van der Waals surface area contributed by atoms with Crippen molar-refractivity contribution < 1.29 is 23.8 Å². The number of hydrogen-bond donors (Lipinski definition) is 1. The molecule has 0 radical (unpaired) electrons. The van der Waals surface area contributed by atoms with E-state index in [-0.39, 0.29) is 12.5 Å². The standard InChI is InChI=1S/C28H30N2O5/c1-4-5-16-33-24-14-9-23(10-15-24)28(32)35-25-12-7-22(8-13-25)18-29-30-27(31)19-34-26-11-6-20(2)21(3)17-26/h6-15,17-18H,4-5,16,19H2,1-3H3,(H,30,31)/b29-18-. The molecule has 0 heterocycles. The summed E-state index contributed by atoms with van der Waals surface area (Å²) in [5.74, 6) is 0.937. The number of benzene rings is 3. The lowest BCUT2D eigenvalue weighted by atomic mass is 10.1.